The number of carbonyl (C=O) groups excluding carboxylic acids is 2. The SMILES string of the molecule is O=C(NC(c1ccccc1)c1cccc(OCc2ccc(C(=O)OCc3cccc(CCNC[C@H](O)c4ccc(O)c5[nH]c(=O)ccc45)c3)cc2)c1)O[C@H]1CN2CCC1CC2. The number of aromatic hydroxyl groups is 1. The average Bonchev–Trinajstić information content (AvgIpc) is 3.29. The fraction of sp³-hybridized carbons (Fsp3) is 0.286. The van der Waals surface area contributed by atoms with Crippen LogP contribution < -0.4 is 20.9 Å². The zero-order valence-corrected chi connectivity index (χ0v) is 33.8. The number of hydrogen-bond acceptors (Lipinski definition) is 10. The Labute approximate surface area is 354 Å². The van der Waals surface area contributed by atoms with E-state index in [2.05, 4.69) is 20.5 Å². The van der Waals surface area contributed by atoms with Crippen LogP contribution in [0.4, 0.5) is 4.79 Å². The number of pyridine rings is 1. The molecule has 0 radical (unpaired) electrons. The number of hydrogen-bond donors (Lipinski definition) is 5. The molecule has 9 rings (SSSR count). The van der Waals surface area contributed by atoms with E-state index in [4.69, 9.17) is 14.2 Å². The minimum atomic E-state index is -0.848. The minimum absolute atomic E-state index is 0.0521. The number of ether oxygens (including phenoxy) is 3. The van der Waals surface area contributed by atoms with Gasteiger partial charge in [-0.15, -0.1) is 0 Å². The number of aliphatic hydroxyl groups is 1. The molecule has 2 bridgehead atoms. The maximum atomic E-state index is 13.2. The molecule has 5 N–H and O–H groups in total. The van der Waals surface area contributed by atoms with Crippen molar-refractivity contribution in [1.82, 2.24) is 20.5 Å². The highest BCUT2D eigenvalue weighted by Crippen LogP contribution is 2.31. The molecular weight excluding hydrogens is 773 g/mol. The van der Waals surface area contributed by atoms with Crippen LogP contribution in [0.3, 0.4) is 0 Å². The van der Waals surface area contributed by atoms with Crippen LogP contribution in [0.5, 0.6) is 11.5 Å². The van der Waals surface area contributed by atoms with Crippen molar-refractivity contribution < 1.29 is 34.0 Å². The van der Waals surface area contributed by atoms with E-state index in [1.54, 1.807) is 24.3 Å². The third kappa shape index (κ3) is 10.5. The van der Waals surface area contributed by atoms with Crippen molar-refractivity contribution >= 4 is 23.0 Å². The monoisotopic (exact) mass is 822 g/mol. The lowest BCUT2D eigenvalue weighted by atomic mass is 9.86. The molecule has 61 heavy (non-hydrogen) atoms. The summed E-state index contributed by atoms with van der Waals surface area (Å²) in [6, 6.07) is 38.1. The predicted octanol–water partition coefficient (Wildman–Crippen LogP) is 6.95. The number of aromatic amines is 1. The Morgan fingerprint density at radius 2 is 1.57 bits per heavy atom. The van der Waals surface area contributed by atoms with E-state index in [9.17, 15) is 24.6 Å². The van der Waals surface area contributed by atoms with Gasteiger partial charge in [0.15, 0.2) is 0 Å². The summed E-state index contributed by atoms with van der Waals surface area (Å²) in [5.74, 6) is 0.578. The summed E-state index contributed by atoms with van der Waals surface area (Å²) in [5.41, 5.74) is 5.59. The van der Waals surface area contributed by atoms with Crippen molar-refractivity contribution in [3.05, 3.63) is 177 Å². The fourth-order valence-electron chi connectivity index (χ4n) is 8.26. The number of H-pyrrole nitrogens is 1. The van der Waals surface area contributed by atoms with Gasteiger partial charge in [0.2, 0.25) is 5.56 Å². The maximum Gasteiger partial charge on any atom is 0.408 e. The molecule has 3 aliphatic heterocycles. The summed E-state index contributed by atoms with van der Waals surface area (Å²) >= 11 is 0. The van der Waals surface area contributed by atoms with Crippen molar-refractivity contribution in [2.24, 2.45) is 5.92 Å². The van der Waals surface area contributed by atoms with E-state index >= 15 is 0 Å². The van der Waals surface area contributed by atoms with Gasteiger partial charge in [-0.3, -0.25) is 9.69 Å². The van der Waals surface area contributed by atoms with Crippen LogP contribution in [0, 0.1) is 5.92 Å². The Kier molecular flexibility index (Phi) is 13.0. The first-order valence-electron chi connectivity index (χ1n) is 20.8. The van der Waals surface area contributed by atoms with Gasteiger partial charge in [0.1, 0.15) is 30.8 Å². The van der Waals surface area contributed by atoms with Crippen LogP contribution in [0.15, 0.2) is 132 Å². The van der Waals surface area contributed by atoms with Gasteiger partial charge < -0.3 is 40.0 Å². The van der Waals surface area contributed by atoms with Crippen molar-refractivity contribution in [2.45, 2.75) is 50.7 Å². The third-order valence-corrected chi connectivity index (χ3v) is 11.6. The van der Waals surface area contributed by atoms with Crippen molar-refractivity contribution in [3.63, 3.8) is 0 Å². The van der Waals surface area contributed by atoms with Gasteiger partial charge in [0.05, 0.1) is 23.2 Å². The highest BCUT2D eigenvalue weighted by molar-refractivity contribution is 5.89. The molecule has 0 spiro atoms. The average molecular weight is 823 g/mol. The highest BCUT2D eigenvalue weighted by atomic mass is 16.6. The summed E-state index contributed by atoms with van der Waals surface area (Å²) < 4.78 is 17.8. The standard InChI is InChI=1S/C49H50N4O8/c54-42-18-16-40(41-17-19-45(56)51-47(41)42)43(55)28-50-23-20-32-6-4-7-34(26-32)31-60-48(57)37-14-12-33(13-15-37)30-59-39-11-5-10-38(27-39)46(36-8-2-1-3-9-36)52-49(58)61-44-29-53-24-21-35(44)22-25-53/h1-19,26-27,35,43-44,46,50,54-55H,20-25,28-31H2,(H,51,56)(H,52,58)/t43-,44-,46?/m0/s1. The van der Waals surface area contributed by atoms with Crippen LogP contribution >= 0.6 is 0 Å². The van der Waals surface area contributed by atoms with E-state index in [0.29, 0.717) is 46.7 Å². The molecule has 4 heterocycles. The zero-order valence-electron chi connectivity index (χ0n) is 33.8. The number of benzene rings is 5. The number of nitrogens with zero attached hydrogens (tertiary/aromatic N) is 1. The molecular formula is C49H50N4O8. The zero-order chi connectivity index (χ0) is 42.1. The van der Waals surface area contributed by atoms with Gasteiger partial charge in [-0.1, -0.05) is 84.9 Å². The van der Waals surface area contributed by atoms with E-state index in [1.807, 2.05) is 91.0 Å². The minimum Gasteiger partial charge on any atom is -0.506 e. The number of phenolic OH excluding ortho intramolecular Hbond substituents is 1. The molecule has 12 heteroatoms. The van der Waals surface area contributed by atoms with Crippen LogP contribution in [0.25, 0.3) is 10.9 Å². The quantitative estimate of drug-likeness (QED) is 0.0511. The van der Waals surface area contributed by atoms with Gasteiger partial charge >= 0.3 is 12.1 Å². The van der Waals surface area contributed by atoms with Gasteiger partial charge in [-0.25, -0.2) is 9.59 Å². The second-order valence-electron chi connectivity index (χ2n) is 15.8. The molecule has 314 valence electrons. The summed E-state index contributed by atoms with van der Waals surface area (Å²) in [7, 11) is 0. The number of piperidine rings is 3. The molecule has 0 saturated carbocycles. The fourth-order valence-corrected chi connectivity index (χ4v) is 8.26. The topological polar surface area (TPSA) is 162 Å². The van der Waals surface area contributed by atoms with Gasteiger partial charge in [0, 0.05) is 24.5 Å². The molecule has 3 saturated heterocycles. The molecule has 3 aliphatic rings. The van der Waals surface area contributed by atoms with Crippen LogP contribution in [-0.2, 0) is 29.1 Å². The van der Waals surface area contributed by atoms with E-state index in [0.717, 1.165) is 60.3 Å². The number of rotatable bonds is 16. The van der Waals surface area contributed by atoms with E-state index < -0.39 is 24.2 Å². The smallest absolute Gasteiger partial charge is 0.408 e. The van der Waals surface area contributed by atoms with Gasteiger partial charge in [-0.05, 0) is 115 Å². The number of esters is 1. The molecule has 3 fully saturated rings. The molecule has 12 nitrogen and oxygen atoms in total. The lowest BCUT2D eigenvalue weighted by Gasteiger charge is -2.43. The number of alkyl carbamates (subject to hydrolysis) is 1. The van der Waals surface area contributed by atoms with Crippen molar-refractivity contribution in [1.29, 1.82) is 0 Å². The number of fused-ring (bicyclic) bond motifs is 4. The van der Waals surface area contributed by atoms with Gasteiger partial charge in [0.25, 0.3) is 0 Å². The molecule has 3 atom stereocenters. The summed E-state index contributed by atoms with van der Waals surface area (Å²) in [6.07, 6.45) is 1.45. The number of aromatic nitrogens is 1. The molecule has 6 aromatic rings. The maximum absolute atomic E-state index is 13.2. The Morgan fingerprint density at radius 3 is 2.36 bits per heavy atom. The second-order valence-corrected chi connectivity index (χ2v) is 15.8. The Balaban J connectivity index is 0.801. The number of aliphatic hydroxyl groups excluding tert-OH is 1. The summed E-state index contributed by atoms with van der Waals surface area (Å²) in [5, 5.41) is 28.0. The number of nitrogens with one attached hydrogen (secondary N) is 3. The van der Waals surface area contributed by atoms with Gasteiger partial charge in [-0.2, -0.15) is 0 Å². The summed E-state index contributed by atoms with van der Waals surface area (Å²) in [6.45, 7) is 4.21. The first kappa shape index (κ1) is 41.3. The molecule has 0 aliphatic carbocycles. The van der Waals surface area contributed by atoms with E-state index in [-0.39, 0.29) is 37.2 Å². The van der Waals surface area contributed by atoms with Crippen LogP contribution in [0.2, 0.25) is 0 Å². The summed E-state index contributed by atoms with van der Waals surface area (Å²) in [4.78, 5) is 42.9. The Bertz CT molecular complexity index is 2500. The van der Waals surface area contributed by atoms with E-state index in [1.165, 1.54) is 12.1 Å². The van der Waals surface area contributed by atoms with Crippen LogP contribution in [0.1, 0.15) is 68.7 Å². The number of carbonyl (C=O) groups is 2. The van der Waals surface area contributed by atoms with Crippen LogP contribution in [-0.4, -0.2) is 71.0 Å². The Morgan fingerprint density at radius 1 is 0.803 bits per heavy atom. The molecule has 5 aromatic carbocycles. The second kappa shape index (κ2) is 19.3. The lowest BCUT2D eigenvalue weighted by molar-refractivity contribution is -0.0336. The normalized spacial score (nSPS) is 18.0. The highest BCUT2D eigenvalue weighted by Gasteiger charge is 2.37. The predicted molar refractivity (Wildman–Crippen MR) is 231 cm³/mol. The Hall–Kier alpha value is -6.47. The molecule has 1 aromatic heterocycles. The first-order chi connectivity index (χ1) is 29.8. The number of phenols is 1. The van der Waals surface area contributed by atoms with Crippen molar-refractivity contribution in [3.8, 4) is 11.5 Å². The third-order valence-electron chi connectivity index (χ3n) is 11.6. The largest absolute Gasteiger partial charge is 0.506 e. The first-order valence-corrected chi connectivity index (χ1v) is 20.8. The number of amides is 1. The molecule has 1 amide bonds. The molecule has 1 unspecified atom stereocenters. The van der Waals surface area contributed by atoms with Crippen molar-refractivity contribution in [2.75, 3.05) is 32.7 Å². The lowest BCUT2D eigenvalue weighted by Crippen LogP contribution is -2.52.